The van der Waals surface area contributed by atoms with E-state index in [1.165, 1.54) is 18.0 Å². The lowest BCUT2D eigenvalue weighted by Crippen LogP contribution is -2.32. The SMILES string of the molecule is COc1ccc2[nH]c(SCc3c(C)c(Cl)c(C)c[n+]3[O-])nc2n1. The van der Waals surface area contributed by atoms with Crippen molar-refractivity contribution >= 4 is 34.5 Å². The lowest BCUT2D eigenvalue weighted by atomic mass is 10.2. The first-order chi connectivity index (χ1) is 11.0. The van der Waals surface area contributed by atoms with Crippen LogP contribution in [0.5, 0.6) is 5.88 Å². The number of aryl methyl sites for hydroxylation is 1. The third-order valence-electron chi connectivity index (χ3n) is 3.54. The number of aromatic nitrogens is 4. The number of H-pyrrole nitrogens is 1. The first kappa shape index (κ1) is 15.9. The topological polar surface area (TPSA) is 77.7 Å². The molecule has 0 saturated carbocycles. The zero-order valence-electron chi connectivity index (χ0n) is 12.9. The molecule has 0 atom stereocenters. The van der Waals surface area contributed by atoms with Gasteiger partial charge in [-0.05, 0) is 19.9 Å². The molecule has 0 aliphatic rings. The highest BCUT2D eigenvalue weighted by Gasteiger charge is 2.17. The van der Waals surface area contributed by atoms with Gasteiger partial charge < -0.3 is 14.9 Å². The molecule has 3 aromatic heterocycles. The van der Waals surface area contributed by atoms with E-state index in [-0.39, 0.29) is 0 Å². The van der Waals surface area contributed by atoms with Crippen molar-refractivity contribution in [2.24, 2.45) is 0 Å². The summed E-state index contributed by atoms with van der Waals surface area (Å²) < 4.78 is 5.95. The smallest absolute Gasteiger partial charge is 0.215 e. The molecule has 0 aliphatic carbocycles. The number of aromatic amines is 1. The minimum Gasteiger partial charge on any atom is -0.618 e. The van der Waals surface area contributed by atoms with E-state index in [1.807, 2.05) is 19.9 Å². The number of pyridine rings is 2. The molecule has 23 heavy (non-hydrogen) atoms. The van der Waals surface area contributed by atoms with Crippen molar-refractivity contribution in [1.82, 2.24) is 15.0 Å². The molecule has 0 aliphatic heterocycles. The molecule has 120 valence electrons. The van der Waals surface area contributed by atoms with Crippen LogP contribution in [0.4, 0.5) is 0 Å². The van der Waals surface area contributed by atoms with Gasteiger partial charge in [-0.2, -0.15) is 9.71 Å². The number of hydrogen-bond donors (Lipinski definition) is 1. The first-order valence-corrected chi connectivity index (χ1v) is 8.27. The minimum absolute atomic E-state index is 0.465. The Morgan fingerprint density at radius 1 is 1.35 bits per heavy atom. The number of nitrogens with zero attached hydrogens (tertiary/aromatic N) is 3. The van der Waals surface area contributed by atoms with Crippen LogP contribution in [0.15, 0.2) is 23.5 Å². The van der Waals surface area contributed by atoms with Crippen LogP contribution in [-0.2, 0) is 5.75 Å². The van der Waals surface area contributed by atoms with Gasteiger partial charge in [0.2, 0.25) is 11.6 Å². The Labute approximate surface area is 142 Å². The summed E-state index contributed by atoms with van der Waals surface area (Å²) in [5.74, 6) is 0.978. The number of thioether (sulfide) groups is 1. The fourth-order valence-corrected chi connectivity index (χ4v) is 3.35. The molecule has 3 heterocycles. The van der Waals surface area contributed by atoms with E-state index in [2.05, 4.69) is 15.0 Å². The molecule has 0 radical (unpaired) electrons. The van der Waals surface area contributed by atoms with Crippen molar-refractivity contribution in [3.63, 3.8) is 0 Å². The van der Waals surface area contributed by atoms with Crippen molar-refractivity contribution in [1.29, 1.82) is 0 Å². The highest BCUT2D eigenvalue weighted by atomic mass is 35.5. The lowest BCUT2D eigenvalue weighted by molar-refractivity contribution is -0.613. The number of nitrogens with one attached hydrogen (secondary N) is 1. The van der Waals surface area contributed by atoms with Crippen molar-refractivity contribution in [2.45, 2.75) is 24.8 Å². The van der Waals surface area contributed by atoms with Crippen LogP contribution < -0.4 is 9.47 Å². The van der Waals surface area contributed by atoms with Gasteiger partial charge in [0.25, 0.3) is 0 Å². The summed E-state index contributed by atoms with van der Waals surface area (Å²) in [5.41, 5.74) is 3.59. The summed E-state index contributed by atoms with van der Waals surface area (Å²) in [6.45, 7) is 3.67. The van der Waals surface area contributed by atoms with Crippen LogP contribution >= 0.6 is 23.4 Å². The van der Waals surface area contributed by atoms with Gasteiger partial charge in [0.1, 0.15) is 0 Å². The van der Waals surface area contributed by atoms with Gasteiger partial charge in [0, 0.05) is 17.2 Å². The Morgan fingerprint density at radius 3 is 2.87 bits per heavy atom. The quantitative estimate of drug-likeness (QED) is 0.444. The predicted octanol–water partition coefficient (Wildman–Crippen LogP) is 3.16. The average molecular weight is 351 g/mol. The van der Waals surface area contributed by atoms with Crippen LogP contribution in [0.1, 0.15) is 16.8 Å². The van der Waals surface area contributed by atoms with Crippen molar-refractivity contribution in [3.05, 3.63) is 45.4 Å². The summed E-state index contributed by atoms with van der Waals surface area (Å²) in [6.07, 6.45) is 1.50. The summed E-state index contributed by atoms with van der Waals surface area (Å²) in [4.78, 5) is 11.8. The fourth-order valence-electron chi connectivity index (χ4n) is 2.24. The maximum Gasteiger partial charge on any atom is 0.215 e. The zero-order valence-corrected chi connectivity index (χ0v) is 14.5. The minimum atomic E-state index is 0.465. The summed E-state index contributed by atoms with van der Waals surface area (Å²) >= 11 is 7.65. The van der Waals surface area contributed by atoms with Gasteiger partial charge >= 0.3 is 0 Å². The average Bonchev–Trinajstić information content (AvgIpc) is 2.94. The molecule has 0 fully saturated rings. The molecular weight excluding hydrogens is 336 g/mol. The van der Waals surface area contributed by atoms with Crippen LogP contribution in [0.25, 0.3) is 11.2 Å². The third kappa shape index (κ3) is 3.07. The Bertz CT molecular complexity index is 882. The summed E-state index contributed by atoms with van der Waals surface area (Å²) in [5, 5.41) is 13.4. The fraction of sp³-hybridized carbons (Fsp3) is 0.267. The predicted molar refractivity (Wildman–Crippen MR) is 89.9 cm³/mol. The molecule has 0 saturated heterocycles. The van der Waals surface area contributed by atoms with E-state index >= 15 is 0 Å². The van der Waals surface area contributed by atoms with Gasteiger partial charge in [0.05, 0.1) is 23.4 Å². The second kappa shape index (κ2) is 6.25. The van der Waals surface area contributed by atoms with Crippen molar-refractivity contribution < 1.29 is 9.47 Å². The maximum atomic E-state index is 12.1. The highest BCUT2D eigenvalue weighted by Crippen LogP contribution is 2.27. The Kier molecular flexibility index (Phi) is 4.32. The number of imidazole rings is 1. The molecule has 0 spiro atoms. The molecule has 0 unspecified atom stereocenters. The van der Waals surface area contributed by atoms with E-state index in [4.69, 9.17) is 16.3 Å². The van der Waals surface area contributed by atoms with Crippen LogP contribution in [-0.4, -0.2) is 22.1 Å². The zero-order chi connectivity index (χ0) is 16.6. The molecule has 6 nitrogen and oxygen atoms in total. The van der Waals surface area contributed by atoms with Gasteiger partial charge in [-0.15, -0.1) is 0 Å². The molecule has 3 aromatic rings. The number of halogens is 1. The van der Waals surface area contributed by atoms with Crippen LogP contribution in [0, 0.1) is 19.1 Å². The molecule has 0 bridgehead atoms. The number of methoxy groups -OCH3 is 1. The number of rotatable bonds is 4. The largest absolute Gasteiger partial charge is 0.618 e. The molecule has 0 aromatic carbocycles. The van der Waals surface area contributed by atoms with E-state index in [1.54, 1.807) is 13.2 Å². The van der Waals surface area contributed by atoms with Gasteiger partial charge in [-0.1, -0.05) is 23.4 Å². The van der Waals surface area contributed by atoms with E-state index in [0.29, 0.717) is 33.2 Å². The Balaban J connectivity index is 1.85. The Morgan fingerprint density at radius 2 is 2.13 bits per heavy atom. The van der Waals surface area contributed by atoms with Gasteiger partial charge in [-0.25, -0.2) is 4.98 Å². The van der Waals surface area contributed by atoms with E-state index < -0.39 is 0 Å². The number of hydrogen-bond acceptors (Lipinski definition) is 5. The molecule has 0 amide bonds. The molecule has 8 heteroatoms. The molecular formula is C15H15ClN4O2S. The molecule has 1 N–H and O–H groups in total. The highest BCUT2D eigenvalue weighted by molar-refractivity contribution is 7.98. The summed E-state index contributed by atoms with van der Waals surface area (Å²) in [6, 6.07) is 3.63. The lowest BCUT2D eigenvalue weighted by Gasteiger charge is -2.09. The van der Waals surface area contributed by atoms with E-state index in [9.17, 15) is 5.21 Å². The second-order valence-corrected chi connectivity index (χ2v) is 6.42. The number of fused-ring (bicyclic) bond motifs is 1. The number of ether oxygens (including phenoxy) is 1. The standard InChI is InChI=1S/C15H15ClN4O2S/c1-8-6-20(21)11(9(2)13(8)16)7-23-15-17-10-4-5-12(22-3)18-14(10)19-15/h4-6H,7H2,1-3H3,(H,17,18,19). The normalized spacial score (nSPS) is 11.1. The maximum absolute atomic E-state index is 12.1. The van der Waals surface area contributed by atoms with Crippen LogP contribution in [0.3, 0.4) is 0 Å². The van der Waals surface area contributed by atoms with Gasteiger partial charge in [0.15, 0.2) is 17.0 Å². The third-order valence-corrected chi connectivity index (χ3v) is 5.00. The van der Waals surface area contributed by atoms with Crippen molar-refractivity contribution in [3.8, 4) is 5.88 Å². The monoisotopic (exact) mass is 350 g/mol. The summed E-state index contributed by atoms with van der Waals surface area (Å²) in [7, 11) is 1.56. The van der Waals surface area contributed by atoms with E-state index in [0.717, 1.165) is 21.4 Å². The second-order valence-electron chi connectivity index (χ2n) is 5.08. The van der Waals surface area contributed by atoms with Gasteiger partial charge in [-0.3, -0.25) is 0 Å². The molecule has 3 rings (SSSR count). The first-order valence-electron chi connectivity index (χ1n) is 6.91. The Hall–Kier alpha value is -1.99. The van der Waals surface area contributed by atoms with Crippen LogP contribution in [0.2, 0.25) is 5.02 Å². The van der Waals surface area contributed by atoms with Crippen molar-refractivity contribution in [2.75, 3.05) is 7.11 Å².